The highest BCUT2D eigenvalue weighted by Crippen LogP contribution is 2.27. The summed E-state index contributed by atoms with van der Waals surface area (Å²) in [7, 11) is 0. The molecule has 37 heavy (non-hydrogen) atoms. The summed E-state index contributed by atoms with van der Waals surface area (Å²) < 4.78 is 5.87. The molecule has 11 heteroatoms. The molecule has 1 fully saturated rings. The minimum Gasteiger partial charge on any atom is -0.457 e. The van der Waals surface area contributed by atoms with Gasteiger partial charge in [0.2, 0.25) is 12.2 Å². The van der Waals surface area contributed by atoms with Crippen LogP contribution in [0.25, 0.3) is 0 Å². The molecule has 1 heterocycles. The third-order valence-corrected chi connectivity index (χ3v) is 5.88. The number of hydrogen-bond donors (Lipinski definition) is 3. The smallest absolute Gasteiger partial charge is 0.345 e. The van der Waals surface area contributed by atoms with Crippen molar-refractivity contribution in [1.29, 1.82) is 0 Å². The van der Waals surface area contributed by atoms with Gasteiger partial charge in [0.15, 0.2) is 0 Å². The lowest BCUT2D eigenvalue weighted by Crippen LogP contribution is -2.70. The zero-order valence-corrected chi connectivity index (χ0v) is 21.1. The highest BCUT2D eigenvalue weighted by molar-refractivity contribution is 6.30. The third-order valence-electron chi connectivity index (χ3n) is 5.63. The lowest BCUT2D eigenvalue weighted by molar-refractivity contribution is -0.114. The molecule has 0 aromatic heterocycles. The lowest BCUT2D eigenvalue weighted by atomic mass is 10.2. The number of nitrogens with two attached hydrogens (primary N) is 1. The van der Waals surface area contributed by atoms with E-state index in [1.165, 1.54) is 11.8 Å². The first-order valence-electron chi connectivity index (χ1n) is 11.6. The van der Waals surface area contributed by atoms with Gasteiger partial charge >= 0.3 is 12.1 Å². The molecule has 0 saturated carbocycles. The third kappa shape index (κ3) is 6.11. The summed E-state index contributed by atoms with van der Waals surface area (Å²) in [4.78, 5) is 39.6. The van der Waals surface area contributed by atoms with Crippen LogP contribution in [-0.4, -0.2) is 45.6 Å². The van der Waals surface area contributed by atoms with Crippen molar-refractivity contribution in [2.45, 2.75) is 26.7 Å². The number of carbonyl (C=O) groups excluding carboxylic acids is 3. The number of hydrazine groups is 1. The Hall–Kier alpha value is -4.28. The van der Waals surface area contributed by atoms with Crippen LogP contribution in [0.4, 0.5) is 21.0 Å². The van der Waals surface area contributed by atoms with Gasteiger partial charge in [0.25, 0.3) is 0 Å². The van der Waals surface area contributed by atoms with Crippen LogP contribution in [0.5, 0.6) is 11.5 Å². The Labute approximate surface area is 219 Å². The minimum absolute atomic E-state index is 0.150. The molecule has 0 radical (unpaired) electrons. The Balaban J connectivity index is 1.49. The second kappa shape index (κ2) is 11.2. The number of amides is 5. The Kier molecular flexibility index (Phi) is 7.80. The van der Waals surface area contributed by atoms with E-state index in [0.29, 0.717) is 27.9 Å². The van der Waals surface area contributed by atoms with Crippen molar-refractivity contribution < 1.29 is 19.1 Å². The fraction of sp³-hybridized carbons (Fsp3) is 0.192. The van der Waals surface area contributed by atoms with Gasteiger partial charge in [0.05, 0.1) is 6.54 Å². The van der Waals surface area contributed by atoms with E-state index in [0.717, 1.165) is 15.5 Å². The molecule has 1 atom stereocenters. The van der Waals surface area contributed by atoms with Gasteiger partial charge < -0.3 is 15.4 Å². The zero-order chi connectivity index (χ0) is 26.5. The van der Waals surface area contributed by atoms with Crippen molar-refractivity contribution in [3.63, 3.8) is 0 Å². The van der Waals surface area contributed by atoms with Crippen molar-refractivity contribution in [2.24, 2.45) is 5.84 Å². The van der Waals surface area contributed by atoms with Crippen LogP contribution in [-0.2, 0) is 11.3 Å². The van der Waals surface area contributed by atoms with E-state index in [9.17, 15) is 14.4 Å². The zero-order valence-electron chi connectivity index (χ0n) is 20.3. The van der Waals surface area contributed by atoms with E-state index in [1.54, 1.807) is 67.6 Å². The number of hydrogen-bond acceptors (Lipinski definition) is 6. The summed E-state index contributed by atoms with van der Waals surface area (Å²) in [5.41, 5.74) is 2.13. The first kappa shape index (κ1) is 25.8. The summed E-state index contributed by atoms with van der Waals surface area (Å²) >= 11 is 6.00. The molecule has 1 unspecified atom stereocenters. The predicted octanol–water partition coefficient (Wildman–Crippen LogP) is 5.04. The number of urea groups is 2. The predicted molar refractivity (Wildman–Crippen MR) is 141 cm³/mol. The maximum Gasteiger partial charge on any atom is 0.345 e. The summed E-state index contributed by atoms with van der Waals surface area (Å²) in [6.45, 7) is 3.55. The van der Waals surface area contributed by atoms with Crippen LogP contribution in [0.2, 0.25) is 5.02 Å². The van der Waals surface area contributed by atoms with E-state index < -0.39 is 18.4 Å². The number of anilines is 2. The topological polar surface area (TPSA) is 120 Å². The van der Waals surface area contributed by atoms with Gasteiger partial charge in [0, 0.05) is 29.9 Å². The Morgan fingerprint density at radius 1 is 0.919 bits per heavy atom. The molecule has 1 aliphatic heterocycles. The van der Waals surface area contributed by atoms with Crippen molar-refractivity contribution in [3.05, 3.63) is 83.4 Å². The van der Waals surface area contributed by atoms with Gasteiger partial charge in [0.1, 0.15) is 11.5 Å². The highest BCUT2D eigenvalue weighted by Gasteiger charge is 2.42. The first-order valence-corrected chi connectivity index (χ1v) is 12.0. The normalized spacial score (nSPS) is 15.6. The van der Waals surface area contributed by atoms with Gasteiger partial charge in [-0.1, -0.05) is 23.7 Å². The van der Waals surface area contributed by atoms with Crippen molar-refractivity contribution in [1.82, 2.24) is 14.8 Å². The number of imide groups is 1. The number of rotatable bonds is 8. The molecule has 3 aromatic rings. The molecule has 5 amide bonds. The number of carbonyl (C=O) groups is 3. The molecule has 1 saturated heterocycles. The van der Waals surface area contributed by atoms with Crippen LogP contribution < -0.4 is 21.2 Å². The molecule has 192 valence electrons. The van der Waals surface area contributed by atoms with Crippen LogP contribution in [0.3, 0.4) is 0 Å². The lowest BCUT2D eigenvalue weighted by Gasteiger charge is -2.45. The second-order valence-corrected chi connectivity index (χ2v) is 8.76. The summed E-state index contributed by atoms with van der Waals surface area (Å²) in [5, 5.41) is 7.46. The number of nitrogens with one attached hydrogen (secondary N) is 2. The number of nitrogens with zero attached hydrogens (tertiary/aromatic N) is 3. The fourth-order valence-electron chi connectivity index (χ4n) is 3.81. The molecule has 0 bridgehead atoms. The van der Waals surface area contributed by atoms with E-state index in [4.69, 9.17) is 22.2 Å². The summed E-state index contributed by atoms with van der Waals surface area (Å²) in [6.07, 6.45) is -0.924. The van der Waals surface area contributed by atoms with Crippen molar-refractivity contribution in [2.75, 3.05) is 17.2 Å². The maximum absolute atomic E-state index is 13.2. The molecule has 3 aromatic carbocycles. The Morgan fingerprint density at radius 2 is 1.49 bits per heavy atom. The fourth-order valence-corrected chi connectivity index (χ4v) is 3.93. The monoisotopic (exact) mass is 522 g/mol. The van der Waals surface area contributed by atoms with E-state index in [2.05, 4.69) is 10.6 Å². The molecular weight excluding hydrogens is 496 g/mol. The van der Waals surface area contributed by atoms with Crippen molar-refractivity contribution >= 4 is 40.9 Å². The quantitative estimate of drug-likeness (QED) is 0.281. The van der Waals surface area contributed by atoms with Gasteiger partial charge in [-0.05, 0) is 73.2 Å². The number of benzene rings is 3. The van der Waals surface area contributed by atoms with Crippen LogP contribution >= 0.6 is 11.6 Å². The molecule has 4 N–H and O–H groups in total. The molecule has 4 rings (SSSR count). The van der Waals surface area contributed by atoms with Crippen LogP contribution in [0.1, 0.15) is 19.4 Å². The summed E-state index contributed by atoms with van der Waals surface area (Å²) in [6, 6.07) is 20.1. The minimum atomic E-state index is -0.924. The van der Waals surface area contributed by atoms with E-state index in [-0.39, 0.29) is 19.0 Å². The van der Waals surface area contributed by atoms with Gasteiger partial charge in [-0.2, -0.15) is 0 Å². The molecule has 0 aliphatic carbocycles. The van der Waals surface area contributed by atoms with Gasteiger partial charge in [-0.3, -0.25) is 9.69 Å². The van der Waals surface area contributed by atoms with E-state index >= 15 is 0 Å². The molecular formula is C26H27ClN6O4. The SMILES string of the molecule is CCN1C(=O)N(N)C(Nc2ccc(Oc3ccc(NC(C)=O)cc3)cc2)N(Cc2ccc(Cl)cc2)C1=O. The molecule has 10 nitrogen and oxygen atoms in total. The first-order chi connectivity index (χ1) is 17.7. The largest absolute Gasteiger partial charge is 0.457 e. The molecule has 1 aliphatic rings. The standard InChI is InChI=1S/C26H27ClN6O4/c1-3-31-25(35)32(16-18-4-6-19(27)7-5-18)24(33(28)26(31)36)30-21-10-14-23(15-11-21)37-22-12-8-20(9-13-22)29-17(2)34/h4-15,24,30H,3,16,28H2,1-2H3,(H,29,34). The van der Waals surface area contributed by atoms with Gasteiger partial charge in [-0.25, -0.2) is 25.3 Å². The number of ether oxygens (including phenoxy) is 1. The summed E-state index contributed by atoms with van der Waals surface area (Å²) in [5.74, 6) is 7.18. The maximum atomic E-state index is 13.2. The Bertz CT molecular complexity index is 1270. The second-order valence-electron chi connectivity index (χ2n) is 8.32. The number of halogens is 1. The average molecular weight is 523 g/mol. The van der Waals surface area contributed by atoms with Crippen LogP contribution in [0.15, 0.2) is 72.8 Å². The average Bonchev–Trinajstić information content (AvgIpc) is 2.88. The Morgan fingerprint density at radius 3 is 2.03 bits per heavy atom. The molecule has 0 spiro atoms. The highest BCUT2D eigenvalue weighted by atomic mass is 35.5. The van der Waals surface area contributed by atoms with Gasteiger partial charge in [-0.15, -0.1) is 0 Å². The van der Waals surface area contributed by atoms with Crippen molar-refractivity contribution in [3.8, 4) is 11.5 Å². The van der Waals surface area contributed by atoms with E-state index in [1.807, 2.05) is 12.1 Å². The van der Waals surface area contributed by atoms with Crippen LogP contribution in [0, 0.1) is 0 Å².